The summed E-state index contributed by atoms with van der Waals surface area (Å²) in [6, 6.07) is 4.54. The Bertz CT molecular complexity index is 4510. The number of pyridine rings is 1. The highest BCUT2D eigenvalue weighted by Crippen LogP contribution is 2.64. The fourth-order valence-corrected chi connectivity index (χ4v) is 13.3. The lowest BCUT2D eigenvalue weighted by atomic mass is 9.73. The number of aryl methyl sites for hydroxylation is 1. The number of phosphoric acid groups is 1. The zero-order valence-electron chi connectivity index (χ0n) is 50.7. The van der Waals surface area contributed by atoms with Gasteiger partial charge in [-0.2, -0.15) is 49.6 Å². The molecule has 3 aromatic heterocycles. The number of carboxylic acids is 1. The number of hydrogen-bond acceptors (Lipinski definition) is 14. The van der Waals surface area contributed by atoms with Crippen molar-refractivity contribution in [3.8, 4) is 28.7 Å². The van der Waals surface area contributed by atoms with E-state index in [0.29, 0.717) is 12.3 Å². The lowest BCUT2D eigenvalue weighted by Crippen LogP contribution is -2.44. The van der Waals surface area contributed by atoms with Gasteiger partial charge in [-0.15, -0.1) is 0 Å². The smallest absolute Gasteiger partial charge is 0.480 e. The monoisotopic (exact) mass is 1420 g/mol. The summed E-state index contributed by atoms with van der Waals surface area (Å²) >= 11 is 6.83. The van der Waals surface area contributed by atoms with Crippen LogP contribution in [0.15, 0.2) is 54.6 Å². The molecule has 2 aliphatic rings. The second-order valence-corrected chi connectivity index (χ2v) is 30.0. The Hall–Kier alpha value is -8.16. The molecule has 37 heteroatoms. The second-order valence-electron chi connectivity index (χ2n) is 24.0. The number of carbonyl (C=O) groups is 5. The number of halogens is 11. The zero-order valence-corrected chi connectivity index (χ0v) is 54.0. The van der Waals surface area contributed by atoms with Crippen molar-refractivity contribution in [3.05, 3.63) is 122 Å². The molecule has 1 saturated carbocycles. The Kier molecular flexibility index (Phi) is 19.7. The molecular formula is C58H57ClF10N9O14PS2. The number of anilines is 1. The topological polar surface area (TPSA) is 342 Å². The van der Waals surface area contributed by atoms with Gasteiger partial charge in [-0.3, -0.25) is 38.3 Å². The van der Waals surface area contributed by atoms with Gasteiger partial charge in [-0.25, -0.2) is 40.0 Å². The Balaban J connectivity index is 1.34. The predicted octanol–water partition coefficient (Wildman–Crippen LogP) is 8.11. The van der Waals surface area contributed by atoms with Crippen LogP contribution in [0.4, 0.5) is 49.7 Å². The number of rotatable bonds is 22. The minimum atomic E-state index is -5.59. The first-order valence-corrected chi connectivity index (χ1v) is 33.7. The number of aromatic nitrogens is 5. The van der Waals surface area contributed by atoms with E-state index in [9.17, 15) is 68.6 Å². The largest absolute Gasteiger partial charge is 0.524 e. The number of nitrogens with zero attached hydrogens (tertiary/aromatic N) is 6. The summed E-state index contributed by atoms with van der Waals surface area (Å²) in [6.07, 6.45) is -13.4. The summed E-state index contributed by atoms with van der Waals surface area (Å²) in [5, 5.41) is 20.2. The molecule has 6 aromatic rings. The summed E-state index contributed by atoms with van der Waals surface area (Å²) < 4.78 is 221. The number of carbonyl (C=O) groups excluding carboxylic acids is 4. The second kappa shape index (κ2) is 25.8. The number of sulfone groups is 1. The Labute approximate surface area is 538 Å². The predicted molar refractivity (Wildman–Crippen MR) is 318 cm³/mol. The third-order valence-corrected chi connectivity index (χ3v) is 19.5. The first-order chi connectivity index (χ1) is 43.5. The Morgan fingerprint density at radius 1 is 0.895 bits per heavy atom. The number of sulfonamides is 1. The molecule has 1 fully saturated rings. The van der Waals surface area contributed by atoms with E-state index in [1.54, 1.807) is 0 Å². The normalized spacial score (nSPS) is 16.4. The highest BCUT2D eigenvalue weighted by Gasteiger charge is 2.64. The van der Waals surface area contributed by atoms with Gasteiger partial charge in [-0.1, -0.05) is 43.5 Å². The molecule has 95 heavy (non-hydrogen) atoms. The average Bonchev–Trinajstić information content (AvgIpc) is 1.54. The fourth-order valence-electron chi connectivity index (χ4n) is 11.5. The van der Waals surface area contributed by atoms with E-state index in [1.807, 2.05) is 0 Å². The van der Waals surface area contributed by atoms with Gasteiger partial charge in [0.05, 0.1) is 46.8 Å². The van der Waals surface area contributed by atoms with Crippen molar-refractivity contribution in [2.75, 3.05) is 16.8 Å². The number of alkyl halides is 8. The summed E-state index contributed by atoms with van der Waals surface area (Å²) in [7, 11) is -14.8. The van der Waals surface area contributed by atoms with Gasteiger partial charge in [0.2, 0.25) is 33.7 Å². The van der Waals surface area contributed by atoms with Crippen LogP contribution in [0.3, 0.4) is 0 Å². The number of primary amides is 1. The van der Waals surface area contributed by atoms with Gasteiger partial charge < -0.3 is 26.0 Å². The molecule has 8 rings (SSSR count). The third-order valence-electron chi connectivity index (χ3n) is 15.7. The van der Waals surface area contributed by atoms with E-state index in [-0.39, 0.29) is 43.2 Å². The van der Waals surface area contributed by atoms with E-state index < -0.39 is 233 Å². The number of benzene rings is 3. The van der Waals surface area contributed by atoms with E-state index in [0.717, 1.165) is 48.7 Å². The van der Waals surface area contributed by atoms with Gasteiger partial charge in [0, 0.05) is 52.3 Å². The lowest BCUT2D eigenvalue weighted by Gasteiger charge is -2.34. The number of nitrogens with two attached hydrogens (primary N) is 1. The number of amides is 4. The number of aliphatic carboxylic acids is 1. The number of fused-ring (bicyclic) bond motifs is 4. The number of phosphoric ester groups is 1. The SMILES string of the molecule is Cc1cc(CC(=O)N[C@@H](CC(N)=O)C(=O)O)c(C(C)(C)CC(=O)N(c2nn(CC(F)(F)F)c3c(-c4ccc(C#CC(C)(C)S(C)(=O)=O)nc4[C@H](Cc4cc(F)cc(F)c4)NC(=O)Cn4nc(C(F)(F)F)c5c4C(F)(F)[C@@H]4CC[C@H]54)ccc(Cl)c23)S(C)(=O)=O)c(OP(=O)(O)O)c1. The van der Waals surface area contributed by atoms with Crippen LogP contribution >= 0.6 is 19.4 Å². The summed E-state index contributed by atoms with van der Waals surface area (Å²) in [4.78, 5) is 91.4. The Morgan fingerprint density at radius 3 is 2.07 bits per heavy atom. The van der Waals surface area contributed by atoms with E-state index in [4.69, 9.17) is 21.9 Å². The molecule has 0 saturated heterocycles. The maximum atomic E-state index is 16.1. The molecular weight excluding hydrogens is 1370 g/mol. The number of carboxylic acid groups (broad SMARTS) is 1. The quantitative estimate of drug-likeness (QED) is 0.0212. The Morgan fingerprint density at radius 2 is 1.53 bits per heavy atom. The zero-order chi connectivity index (χ0) is 71.0. The van der Waals surface area contributed by atoms with Crippen LogP contribution in [0.1, 0.15) is 116 Å². The van der Waals surface area contributed by atoms with Crippen LogP contribution in [-0.2, 0) is 91.8 Å². The minimum Gasteiger partial charge on any atom is -0.480 e. The van der Waals surface area contributed by atoms with Gasteiger partial charge in [0.1, 0.15) is 52.7 Å². The summed E-state index contributed by atoms with van der Waals surface area (Å²) in [5.74, 6) is -13.0. The van der Waals surface area contributed by atoms with Crippen LogP contribution in [0, 0.1) is 36.3 Å². The van der Waals surface area contributed by atoms with Gasteiger partial charge >= 0.3 is 26.1 Å². The van der Waals surface area contributed by atoms with Crippen molar-refractivity contribution in [2.24, 2.45) is 11.7 Å². The van der Waals surface area contributed by atoms with Gasteiger partial charge in [-0.05, 0) is 105 Å². The molecule has 0 unspecified atom stereocenters. The van der Waals surface area contributed by atoms with Crippen LogP contribution in [0.5, 0.6) is 5.75 Å². The highest BCUT2D eigenvalue weighted by atomic mass is 35.5. The molecule has 0 bridgehead atoms. The molecule has 512 valence electrons. The summed E-state index contributed by atoms with van der Waals surface area (Å²) in [6.45, 7) is 2.57. The number of hydrogen-bond donors (Lipinski definition) is 6. The van der Waals surface area contributed by atoms with Crippen LogP contribution in [0.25, 0.3) is 22.0 Å². The van der Waals surface area contributed by atoms with Crippen LogP contribution in [-0.4, -0.2) is 115 Å². The van der Waals surface area contributed by atoms with Crippen molar-refractivity contribution in [3.63, 3.8) is 0 Å². The molecule has 7 N–H and O–H groups in total. The molecule has 4 atom stereocenters. The van der Waals surface area contributed by atoms with Gasteiger partial charge in [0.15, 0.2) is 21.3 Å². The standard InChI is InChI=1S/C58H57ClF10N9O14PS2/c1-27-16-29(21-42(80)73-39(53(83)84)23-41(70)79)47(40(17-27)92-93(85,86)87)54(2,3)24-44(82)78(95(7,90)91)52-46-37(59)13-11-34(49(46)77(75-52)26-56(62,63)64)33-9-8-32(14-15-55(4,5)94(6,88)89)71-48(33)38(20-28-18-30(60)22-31(61)19-28)72-43(81)25-76-51-45(50(74-76)58(67,68)69)35-10-12-36(35)57(51,65)66/h8-9,11,13,16-19,22,35-36,38-39H,10,12,20-21,23-26H2,1-7H3,(H2,70,79)(H,72,81)(H,73,80)(H,83,84)(H2,85,86,87)/t35-,36+,38-,39-/m0/s1. The molecule has 3 aromatic carbocycles. The minimum absolute atomic E-state index is 0.0704. The molecule has 0 spiro atoms. The van der Waals surface area contributed by atoms with Crippen molar-refractivity contribution in [1.29, 1.82) is 0 Å². The van der Waals surface area contributed by atoms with Crippen LogP contribution in [0.2, 0.25) is 5.02 Å². The summed E-state index contributed by atoms with van der Waals surface area (Å²) in [5.41, 5.74) is -4.15. The molecule has 0 radical (unpaired) electrons. The van der Waals surface area contributed by atoms with Crippen molar-refractivity contribution < 1.29 is 109 Å². The third kappa shape index (κ3) is 15.9. The van der Waals surface area contributed by atoms with Crippen molar-refractivity contribution in [1.82, 2.24) is 35.2 Å². The average molecular weight is 1420 g/mol. The van der Waals surface area contributed by atoms with Gasteiger partial charge in [0.25, 0.3) is 5.92 Å². The van der Waals surface area contributed by atoms with E-state index >= 15 is 35.5 Å². The molecule has 2 aliphatic carbocycles. The van der Waals surface area contributed by atoms with E-state index in [1.165, 1.54) is 40.7 Å². The maximum absolute atomic E-state index is 16.1. The molecule has 3 heterocycles. The lowest BCUT2D eigenvalue weighted by molar-refractivity contribution is -0.144. The maximum Gasteiger partial charge on any atom is 0.524 e. The first kappa shape index (κ1) is 72.7. The fraction of sp³-hybridized carbons (Fsp3) is 0.414. The molecule has 0 aliphatic heterocycles. The molecule has 4 amide bonds. The molecule has 23 nitrogen and oxygen atoms in total. The van der Waals surface area contributed by atoms with Crippen molar-refractivity contribution in [2.45, 2.75) is 133 Å². The van der Waals surface area contributed by atoms with Crippen molar-refractivity contribution >= 4 is 85.6 Å². The number of nitrogens with one attached hydrogen (secondary N) is 2. The first-order valence-electron chi connectivity index (χ1n) is 28.0. The highest BCUT2D eigenvalue weighted by molar-refractivity contribution is 7.93. The van der Waals surface area contributed by atoms with E-state index in [2.05, 4.69) is 37.7 Å². The van der Waals surface area contributed by atoms with Crippen LogP contribution < -0.4 is 25.2 Å².